The largest absolute Gasteiger partial charge is 2.00 e. The molecule has 0 radical (unpaired) electrons. The summed E-state index contributed by atoms with van der Waals surface area (Å²) in [7, 11) is 0. The van der Waals surface area contributed by atoms with Crippen LogP contribution in [0.2, 0.25) is 0 Å². The topological polar surface area (TPSA) is 133 Å². The van der Waals surface area contributed by atoms with E-state index in [-0.39, 0.29) is 74.7 Å². The SMILES string of the molecule is CCCCCCCCCCCCCCC(=O)OC(C)CCCCCCCCCCCCCCCC(=O)[O-].CCCCCCCCCCCCCCC(=O)OC(C)CCCCCCCCCCCCCCCC(=O)[O-].[Ca+2]. The second-order valence-electron chi connectivity index (χ2n) is 22.9. The zero-order valence-corrected chi connectivity index (χ0v) is 52.9. The second kappa shape index (κ2) is 67.4. The van der Waals surface area contributed by atoms with Gasteiger partial charge in [0.05, 0.1) is 12.2 Å². The van der Waals surface area contributed by atoms with E-state index in [0.29, 0.717) is 12.8 Å². The molecular weight excluding hydrogens is 961 g/mol. The fourth-order valence-corrected chi connectivity index (χ4v) is 10.2. The fourth-order valence-electron chi connectivity index (χ4n) is 10.2. The van der Waals surface area contributed by atoms with Crippen molar-refractivity contribution in [1.29, 1.82) is 0 Å². The van der Waals surface area contributed by atoms with E-state index in [4.69, 9.17) is 9.47 Å². The number of hydrogen-bond donors (Lipinski definition) is 0. The molecule has 0 amide bonds. The van der Waals surface area contributed by atoms with Gasteiger partial charge in [0.2, 0.25) is 0 Å². The Morgan fingerprint density at radius 2 is 0.427 bits per heavy atom. The van der Waals surface area contributed by atoms with Gasteiger partial charge in [-0.25, -0.2) is 0 Å². The van der Waals surface area contributed by atoms with Crippen LogP contribution in [0.1, 0.15) is 387 Å². The van der Waals surface area contributed by atoms with Crippen LogP contribution >= 0.6 is 0 Å². The smallest absolute Gasteiger partial charge is 0.550 e. The average Bonchev–Trinajstić information content (AvgIpc) is 3.37. The van der Waals surface area contributed by atoms with Crippen LogP contribution in [0.25, 0.3) is 0 Å². The van der Waals surface area contributed by atoms with E-state index in [1.807, 2.05) is 13.8 Å². The summed E-state index contributed by atoms with van der Waals surface area (Å²) in [5.74, 6) is -1.84. The van der Waals surface area contributed by atoms with E-state index in [1.54, 1.807) is 0 Å². The second-order valence-corrected chi connectivity index (χ2v) is 22.9. The van der Waals surface area contributed by atoms with Gasteiger partial charge in [0.1, 0.15) is 0 Å². The first-order chi connectivity index (χ1) is 36.1. The Bertz CT molecular complexity index is 1080. The molecule has 2 unspecified atom stereocenters. The van der Waals surface area contributed by atoms with Gasteiger partial charge in [-0.3, -0.25) is 9.59 Å². The van der Waals surface area contributed by atoms with Crippen LogP contribution in [0.3, 0.4) is 0 Å². The zero-order valence-electron chi connectivity index (χ0n) is 50.7. The predicted molar refractivity (Wildman–Crippen MR) is 317 cm³/mol. The zero-order chi connectivity index (χ0) is 54.5. The van der Waals surface area contributed by atoms with Gasteiger partial charge in [-0.2, -0.15) is 0 Å². The Morgan fingerprint density at radius 3 is 0.613 bits per heavy atom. The third-order valence-electron chi connectivity index (χ3n) is 15.1. The average molecular weight is 1090 g/mol. The number of rotatable bonds is 60. The van der Waals surface area contributed by atoms with Crippen molar-refractivity contribution in [2.24, 2.45) is 0 Å². The van der Waals surface area contributed by atoms with Crippen molar-refractivity contribution in [2.45, 2.75) is 399 Å². The summed E-state index contributed by atoms with van der Waals surface area (Å²) in [6.45, 7) is 8.63. The molecule has 0 N–H and O–H groups in total. The third kappa shape index (κ3) is 73.1. The number of unbranched alkanes of at least 4 members (excludes halogenated alkanes) is 46. The van der Waals surface area contributed by atoms with Crippen molar-refractivity contribution in [2.75, 3.05) is 0 Å². The van der Waals surface area contributed by atoms with Gasteiger partial charge in [-0.15, -0.1) is 0 Å². The summed E-state index contributed by atoms with van der Waals surface area (Å²) in [5, 5.41) is 20.7. The summed E-state index contributed by atoms with van der Waals surface area (Å²) in [4.78, 5) is 44.8. The molecule has 0 aliphatic carbocycles. The molecule has 0 aromatic rings. The van der Waals surface area contributed by atoms with Crippen molar-refractivity contribution in [3.63, 3.8) is 0 Å². The van der Waals surface area contributed by atoms with Crippen LogP contribution in [-0.4, -0.2) is 73.8 Å². The maximum atomic E-state index is 12.1. The van der Waals surface area contributed by atoms with Crippen LogP contribution in [-0.2, 0) is 28.7 Å². The van der Waals surface area contributed by atoms with Crippen molar-refractivity contribution in [3.05, 3.63) is 0 Å². The Morgan fingerprint density at radius 1 is 0.267 bits per heavy atom. The summed E-state index contributed by atoms with van der Waals surface area (Å²) in [6.07, 6.45) is 66.8. The molecule has 2 atom stereocenters. The number of carbonyl (C=O) groups excluding carboxylic acids is 4. The van der Waals surface area contributed by atoms with E-state index in [1.165, 1.54) is 244 Å². The molecule has 440 valence electrons. The Labute approximate surface area is 496 Å². The molecule has 0 saturated heterocycles. The third-order valence-corrected chi connectivity index (χ3v) is 15.1. The number of carboxylic acids is 2. The van der Waals surface area contributed by atoms with E-state index in [0.717, 1.165) is 89.9 Å². The molecule has 0 aliphatic rings. The standard InChI is InChI=1S/2C33H64O4.Ca/c2*1-3-4-5-6-7-8-9-15-18-21-24-27-30-33(36)37-31(2)28-25-22-19-16-13-11-10-12-14-17-20-23-26-29-32(34)35;/h2*31H,3-30H2,1-2H3,(H,34,35);/q;;+2/p-2. The number of hydrogen-bond acceptors (Lipinski definition) is 8. The van der Waals surface area contributed by atoms with Gasteiger partial charge in [0.25, 0.3) is 0 Å². The molecule has 75 heavy (non-hydrogen) atoms. The quantitative estimate of drug-likeness (QED) is 0.0334. The minimum absolute atomic E-state index is 0. The van der Waals surface area contributed by atoms with Crippen molar-refractivity contribution in [1.82, 2.24) is 0 Å². The number of carboxylic acid groups (broad SMARTS) is 2. The fraction of sp³-hybridized carbons (Fsp3) is 0.939. The monoisotopic (exact) mass is 1090 g/mol. The molecule has 8 nitrogen and oxygen atoms in total. The van der Waals surface area contributed by atoms with Gasteiger partial charge in [0.15, 0.2) is 0 Å². The van der Waals surface area contributed by atoms with Crippen molar-refractivity contribution >= 4 is 61.6 Å². The van der Waals surface area contributed by atoms with Gasteiger partial charge < -0.3 is 29.3 Å². The number of aliphatic carboxylic acids is 2. The molecule has 0 heterocycles. The number of esters is 2. The summed E-state index contributed by atoms with van der Waals surface area (Å²) in [5.41, 5.74) is 0. The molecule has 0 aliphatic heterocycles. The van der Waals surface area contributed by atoms with Crippen LogP contribution in [0, 0.1) is 0 Å². The Hall–Kier alpha value is -0.860. The van der Waals surface area contributed by atoms with Crippen LogP contribution in [0.15, 0.2) is 0 Å². The van der Waals surface area contributed by atoms with Crippen LogP contribution < -0.4 is 10.2 Å². The van der Waals surface area contributed by atoms with E-state index in [2.05, 4.69) is 13.8 Å². The van der Waals surface area contributed by atoms with Crippen molar-refractivity contribution in [3.8, 4) is 0 Å². The molecule has 0 rings (SSSR count). The molecule has 0 aromatic carbocycles. The van der Waals surface area contributed by atoms with Gasteiger partial charge in [-0.1, -0.05) is 296 Å². The summed E-state index contributed by atoms with van der Waals surface area (Å²) < 4.78 is 11.2. The van der Waals surface area contributed by atoms with Gasteiger partial charge in [-0.05, 0) is 78.1 Å². The van der Waals surface area contributed by atoms with Gasteiger partial charge >= 0.3 is 49.7 Å². The minimum atomic E-state index is -0.918. The Balaban J connectivity index is -0.00000136. The summed E-state index contributed by atoms with van der Waals surface area (Å²) >= 11 is 0. The van der Waals surface area contributed by atoms with E-state index < -0.39 is 11.9 Å². The first-order valence-corrected chi connectivity index (χ1v) is 32.9. The minimum Gasteiger partial charge on any atom is -0.550 e. The molecule has 0 bridgehead atoms. The predicted octanol–water partition coefficient (Wildman–Crippen LogP) is 18.8. The molecule has 0 spiro atoms. The van der Waals surface area contributed by atoms with Crippen LogP contribution in [0.5, 0.6) is 0 Å². The molecule has 9 heteroatoms. The number of ether oxygens (including phenoxy) is 2. The van der Waals surface area contributed by atoms with E-state index >= 15 is 0 Å². The van der Waals surface area contributed by atoms with Crippen LogP contribution in [0.4, 0.5) is 0 Å². The first-order valence-electron chi connectivity index (χ1n) is 32.9. The molecular formula is C66H126CaO8. The Kier molecular flexibility index (Phi) is 70.4. The molecule has 0 saturated carbocycles. The normalized spacial score (nSPS) is 11.9. The number of carbonyl (C=O) groups is 4. The summed E-state index contributed by atoms with van der Waals surface area (Å²) in [6, 6.07) is 0. The molecule has 0 aromatic heterocycles. The maximum absolute atomic E-state index is 12.1. The first kappa shape index (κ1) is 78.4. The van der Waals surface area contributed by atoms with Gasteiger partial charge in [0, 0.05) is 24.8 Å². The maximum Gasteiger partial charge on any atom is 2.00 e. The van der Waals surface area contributed by atoms with E-state index in [9.17, 15) is 29.4 Å². The van der Waals surface area contributed by atoms with Crippen molar-refractivity contribution < 1.29 is 38.9 Å². The molecule has 0 fully saturated rings.